The van der Waals surface area contributed by atoms with E-state index in [2.05, 4.69) is 10.6 Å². The summed E-state index contributed by atoms with van der Waals surface area (Å²) in [6, 6.07) is 7.23. The smallest absolute Gasteiger partial charge is 0.344 e. The number of benzene rings is 1. The predicted molar refractivity (Wildman–Crippen MR) is 83.9 cm³/mol. The molecule has 0 spiro atoms. The second-order valence-electron chi connectivity index (χ2n) is 4.89. The predicted octanol–water partition coefficient (Wildman–Crippen LogP) is 0.559. The fourth-order valence-corrected chi connectivity index (χ4v) is 1.59. The van der Waals surface area contributed by atoms with Crippen molar-refractivity contribution in [2.75, 3.05) is 26.3 Å². The summed E-state index contributed by atoms with van der Waals surface area (Å²) in [5.41, 5.74) is 1.01. The van der Waals surface area contributed by atoms with Crippen molar-refractivity contribution in [3.63, 3.8) is 0 Å². The molecule has 0 atom stereocenters. The molecule has 0 aliphatic carbocycles. The molecule has 0 saturated carbocycles. The van der Waals surface area contributed by atoms with Crippen LogP contribution >= 0.6 is 0 Å². The highest BCUT2D eigenvalue weighted by molar-refractivity contribution is 5.86. The molecule has 7 heteroatoms. The van der Waals surface area contributed by atoms with Gasteiger partial charge < -0.3 is 20.1 Å². The lowest BCUT2D eigenvalue weighted by Gasteiger charge is -2.08. The lowest BCUT2D eigenvalue weighted by molar-refractivity contribution is -0.150. The van der Waals surface area contributed by atoms with Gasteiger partial charge in [-0.3, -0.25) is 9.59 Å². The zero-order chi connectivity index (χ0) is 17.1. The molecule has 0 heterocycles. The van der Waals surface area contributed by atoms with Crippen molar-refractivity contribution in [1.29, 1.82) is 0 Å². The van der Waals surface area contributed by atoms with Gasteiger partial charge in [0.05, 0.1) is 6.54 Å². The highest BCUT2D eigenvalue weighted by Gasteiger charge is 2.09. The van der Waals surface area contributed by atoms with E-state index in [-0.39, 0.29) is 19.1 Å². The Morgan fingerprint density at radius 3 is 2.57 bits per heavy atom. The highest BCUT2D eigenvalue weighted by Crippen LogP contribution is 2.11. The number of ether oxygens (including phenoxy) is 2. The van der Waals surface area contributed by atoms with Gasteiger partial charge in [-0.25, -0.2) is 4.79 Å². The molecule has 0 saturated heterocycles. The maximum absolute atomic E-state index is 11.5. The van der Waals surface area contributed by atoms with Crippen LogP contribution in [0.5, 0.6) is 5.75 Å². The van der Waals surface area contributed by atoms with Crippen LogP contribution in [0.1, 0.15) is 18.9 Å². The second kappa shape index (κ2) is 10.2. The lowest BCUT2D eigenvalue weighted by Crippen LogP contribution is -2.39. The van der Waals surface area contributed by atoms with Crippen molar-refractivity contribution in [2.24, 2.45) is 0 Å². The van der Waals surface area contributed by atoms with Crippen molar-refractivity contribution in [3.05, 3.63) is 29.8 Å². The minimum atomic E-state index is -0.655. The van der Waals surface area contributed by atoms with Gasteiger partial charge in [0, 0.05) is 6.54 Å². The summed E-state index contributed by atoms with van der Waals surface area (Å²) < 4.78 is 10.0. The summed E-state index contributed by atoms with van der Waals surface area (Å²) in [6.07, 6.45) is 0.818. The quantitative estimate of drug-likeness (QED) is 0.648. The zero-order valence-electron chi connectivity index (χ0n) is 13.4. The van der Waals surface area contributed by atoms with E-state index >= 15 is 0 Å². The van der Waals surface area contributed by atoms with Crippen LogP contribution in [0.3, 0.4) is 0 Å². The Morgan fingerprint density at radius 1 is 1.09 bits per heavy atom. The molecule has 1 rings (SSSR count). The summed E-state index contributed by atoms with van der Waals surface area (Å²) in [7, 11) is 0. The summed E-state index contributed by atoms with van der Waals surface area (Å²) in [6.45, 7) is 3.52. The summed E-state index contributed by atoms with van der Waals surface area (Å²) in [5, 5.41) is 4.97. The van der Waals surface area contributed by atoms with E-state index in [0.29, 0.717) is 12.3 Å². The third-order valence-corrected chi connectivity index (χ3v) is 2.73. The molecule has 2 N–H and O–H groups in total. The summed E-state index contributed by atoms with van der Waals surface area (Å²) in [4.78, 5) is 34.2. The Labute approximate surface area is 135 Å². The van der Waals surface area contributed by atoms with Crippen molar-refractivity contribution in [3.8, 4) is 5.75 Å². The Balaban J connectivity index is 2.17. The van der Waals surface area contributed by atoms with Crippen LogP contribution in [-0.2, 0) is 19.1 Å². The standard InChI is InChI=1S/C16H22N2O5/c1-3-7-17-14(19)9-18-15(20)10-23-16(21)11-22-13-6-4-5-12(2)8-13/h4-6,8H,3,7,9-11H2,1-2H3,(H,17,19)(H,18,20). The highest BCUT2D eigenvalue weighted by atomic mass is 16.6. The molecule has 126 valence electrons. The first-order chi connectivity index (χ1) is 11.0. The van der Waals surface area contributed by atoms with Gasteiger partial charge >= 0.3 is 5.97 Å². The molecular weight excluding hydrogens is 300 g/mol. The van der Waals surface area contributed by atoms with Gasteiger partial charge in [-0.15, -0.1) is 0 Å². The van der Waals surface area contributed by atoms with Crippen molar-refractivity contribution < 1.29 is 23.9 Å². The van der Waals surface area contributed by atoms with Gasteiger partial charge in [0.15, 0.2) is 13.2 Å². The topological polar surface area (TPSA) is 93.7 Å². The third-order valence-electron chi connectivity index (χ3n) is 2.73. The molecule has 23 heavy (non-hydrogen) atoms. The number of carbonyl (C=O) groups excluding carboxylic acids is 3. The molecule has 7 nitrogen and oxygen atoms in total. The lowest BCUT2D eigenvalue weighted by atomic mass is 10.2. The number of hydrogen-bond donors (Lipinski definition) is 2. The van der Waals surface area contributed by atoms with Gasteiger partial charge in [0.1, 0.15) is 5.75 Å². The molecule has 0 fully saturated rings. The maximum atomic E-state index is 11.5. The minimum Gasteiger partial charge on any atom is -0.482 e. The number of hydrogen-bond acceptors (Lipinski definition) is 5. The average molecular weight is 322 g/mol. The van der Waals surface area contributed by atoms with Gasteiger partial charge in [0.2, 0.25) is 5.91 Å². The largest absolute Gasteiger partial charge is 0.482 e. The Bertz CT molecular complexity index is 545. The van der Waals surface area contributed by atoms with Crippen LogP contribution in [0.15, 0.2) is 24.3 Å². The average Bonchev–Trinajstić information content (AvgIpc) is 2.54. The Kier molecular flexibility index (Phi) is 8.20. The number of carbonyl (C=O) groups is 3. The fourth-order valence-electron chi connectivity index (χ4n) is 1.59. The molecule has 0 bridgehead atoms. The van der Waals surface area contributed by atoms with Crippen LogP contribution in [0.2, 0.25) is 0 Å². The van der Waals surface area contributed by atoms with Gasteiger partial charge in [-0.05, 0) is 31.0 Å². The molecule has 0 aromatic heterocycles. The van der Waals surface area contributed by atoms with Crippen molar-refractivity contribution in [1.82, 2.24) is 10.6 Å². The van der Waals surface area contributed by atoms with E-state index in [1.165, 1.54) is 0 Å². The summed E-state index contributed by atoms with van der Waals surface area (Å²) in [5.74, 6) is -0.925. The monoisotopic (exact) mass is 322 g/mol. The van der Waals surface area contributed by atoms with E-state index in [0.717, 1.165) is 12.0 Å². The number of nitrogens with one attached hydrogen (secondary N) is 2. The molecule has 1 aromatic carbocycles. The van der Waals surface area contributed by atoms with Crippen molar-refractivity contribution >= 4 is 17.8 Å². The van der Waals surface area contributed by atoms with E-state index in [1.54, 1.807) is 12.1 Å². The second-order valence-corrected chi connectivity index (χ2v) is 4.89. The molecule has 0 unspecified atom stereocenters. The first kappa shape index (κ1) is 18.5. The number of amides is 2. The van der Waals surface area contributed by atoms with Crippen LogP contribution in [0.4, 0.5) is 0 Å². The number of esters is 1. The van der Waals surface area contributed by atoms with Crippen LogP contribution < -0.4 is 15.4 Å². The fraction of sp³-hybridized carbons (Fsp3) is 0.438. The van der Waals surface area contributed by atoms with E-state index in [4.69, 9.17) is 9.47 Å². The van der Waals surface area contributed by atoms with E-state index in [1.807, 2.05) is 26.0 Å². The van der Waals surface area contributed by atoms with Gasteiger partial charge in [-0.2, -0.15) is 0 Å². The summed E-state index contributed by atoms with van der Waals surface area (Å²) >= 11 is 0. The number of aryl methyl sites for hydroxylation is 1. The first-order valence-electron chi connectivity index (χ1n) is 7.39. The van der Waals surface area contributed by atoms with Crippen LogP contribution in [-0.4, -0.2) is 44.1 Å². The van der Waals surface area contributed by atoms with Crippen LogP contribution in [0.25, 0.3) is 0 Å². The molecule has 1 aromatic rings. The molecule has 0 aliphatic heterocycles. The van der Waals surface area contributed by atoms with Gasteiger partial charge in [-0.1, -0.05) is 19.1 Å². The molecular formula is C16H22N2O5. The normalized spacial score (nSPS) is 9.83. The van der Waals surface area contributed by atoms with Crippen molar-refractivity contribution in [2.45, 2.75) is 20.3 Å². The maximum Gasteiger partial charge on any atom is 0.344 e. The van der Waals surface area contributed by atoms with E-state index in [9.17, 15) is 14.4 Å². The van der Waals surface area contributed by atoms with Gasteiger partial charge in [0.25, 0.3) is 5.91 Å². The van der Waals surface area contributed by atoms with Crippen LogP contribution in [0, 0.1) is 6.92 Å². The third kappa shape index (κ3) is 8.45. The minimum absolute atomic E-state index is 0.143. The SMILES string of the molecule is CCCNC(=O)CNC(=O)COC(=O)COc1cccc(C)c1. The molecule has 0 radical (unpaired) electrons. The first-order valence-corrected chi connectivity index (χ1v) is 7.39. The Morgan fingerprint density at radius 2 is 1.87 bits per heavy atom. The molecule has 0 aliphatic rings. The zero-order valence-corrected chi connectivity index (χ0v) is 13.4. The van der Waals surface area contributed by atoms with E-state index < -0.39 is 18.5 Å². The molecule has 2 amide bonds. The Hall–Kier alpha value is -2.57. The number of rotatable bonds is 9.